The van der Waals surface area contributed by atoms with Crippen molar-refractivity contribution in [1.29, 1.82) is 0 Å². The van der Waals surface area contributed by atoms with Gasteiger partial charge in [-0.2, -0.15) is 0 Å². The molecule has 0 saturated carbocycles. The summed E-state index contributed by atoms with van der Waals surface area (Å²) in [5.41, 5.74) is 0.941. The molecule has 3 aromatic rings. The maximum absolute atomic E-state index is 12.5. The van der Waals surface area contributed by atoms with Crippen LogP contribution in [0.2, 0.25) is 0 Å². The Morgan fingerprint density at radius 3 is 2.96 bits per heavy atom. The number of ether oxygens (including phenoxy) is 2. The molecule has 0 spiro atoms. The number of nitrogens with one attached hydrogen (secondary N) is 1. The summed E-state index contributed by atoms with van der Waals surface area (Å²) in [4.78, 5) is 29.1. The van der Waals surface area contributed by atoms with Crippen LogP contribution in [0.15, 0.2) is 53.6 Å². The van der Waals surface area contributed by atoms with Crippen molar-refractivity contribution < 1.29 is 14.3 Å². The smallest absolute Gasteiger partial charge is 0.270 e. The lowest BCUT2D eigenvalue weighted by Gasteiger charge is -2.14. The van der Waals surface area contributed by atoms with Crippen LogP contribution in [0.25, 0.3) is 5.65 Å². The Morgan fingerprint density at radius 2 is 2.08 bits per heavy atom. The van der Waals surface area contributed by atoms with E-state index >= 15 is 0 Å². The number of hydrogen-bond donors (Lipinski definition) is 1. The van der Waals surface area contributed by atoms with Crippen LogP contribution in [0.3, 0.4) is 0 Å². The summed E-state index contributed by atoms with van der Waals surface area (Å²) in [6.07, 6.45) is 2.89. The van der Waals surface area contributed by atoms with Crippen molar-refractivity contribution in [3.63, 3.8) is 0 Å². The number of benzene rings is 1. The Labute approximate surface area is 142 Å². The largest absolute Gasteiger partial charge is 0.454 e. The van der Waals surface area contributed by atoms with Crippen LogP contribution in [-0.4, -0.2) is 22.1 Å². The van der Waals surface area contributed by atoms with Gasteiger partial charge in [0.1, 0.15) is 11.2 Å². The summed E-state index contributed by atoms with van der Waals surface area (Å²) in [5, 5.41) is 2.82. The van der Waals surface area contributed by atoms with Gasteiger partial charge in [-0.1, -0.05) is 12.1 Å². The summed E-state index contributed by atoms with van der Waals surface area (Å²) < 4.78 is 12.0. The highest BCUT2D eigenvalue weighted by atomic mass is 16.7. The third-order valence-electron chi connectivity index (χ3n) is 4.10. The molecular formula is C18H15N3O4. The molecule has 1 amide bonds. The fourth-order valence-corrected chi connectivity index (χ4v) is 2.72. The minimum absolute atomic E-state index is 0.00343. The minimum atomic E-state index is -0.471. The molecule has 4 rings (SSSR count). The van der Waals surface area contributed by atoms with Crippen molar-refractivity contribution in [1.82, 2.24) is 14.7 Å². The Bertz CT molecular complexity index is 1030. The van der Waals surface area contributed by atoms with Gasteiger partial charge in [-0.3, -0.25) is 14.0 Å². The van der Waals surface area contributed by atoms with Crippen LogP contribution in [0.4, 0.5) is 0 Å². The van der Waals surface area contributed by atoms with Gasteiger partial charge in [0.15, 0.2) is 11.5 Å². The van der Waals surface area contributed by atoms with Gasteiger partial charge in [0.2, 0.25) is 6.79 Å². The summed E-state index contributed by atoms with van der Waals surface area (Å²) in [6, 6.07) is 10.4. The molecule has 126 valence electrons. The summed E-state index contributed by atoms with van der Waals surface area (Å²) in [7, 11) is 0. The van der Waals surface area contributed by atoms with Crippen LogP contribution < -0.4 is 20.3 Å². The molecule has 2 aromatic heterocycles. The molecular weight excluding hydrogens is 322 g/mol. The van der Waals surface area contributed by atoms with Crippen LogP contribution in [-0.2, 0) is 0 Å². The average molecular weight is 337 g/mol. The highest BCUT2D eigenvalue weighted by Crippen LogP contribution is 2.34. The fraction of sp³-hybridized carbons (Fsp3) is 0.167. The first-order valence-corrected chi connectivity index (χ1v) is 7.80. The second kappa shape index (κ2) is 5.94. The molecule has 25 heavy (non-hydrogen) atoms. The number of fused-ring (bicyclic) bond motifs is 2. The van der Waals surface area contributed by atoms with Gasteiger partial charge in [-0.05, 0) is 36.8 Å². The molecule has 0 fully saturated rings. The maximum atomic E-state index is 12.5. The molecule has 7 nitrogen and oxygen atoms in total. The number of carbonyl (C=O) groups is 1. The molecule has 0 bridgehead atoms. The minimum Gasteiger partial charge on any atom is -0.454 e. The number of nitrogens with zero attached hydrogens (tertiary/aromatic N) is 2. The van der Waals surface area contributed by atoms with Gasteiger partial charge < -0.3 is 14.8 Å². The average Bonchev–Trinajstić information content (AvgIpc) is 3.09. The summed E-state index contributed by atoms with van der Waals surface area (Å²) >= 11 is 0. The number of pyridine rings is 1. The van der Waals surface area contributed by atoms with Gasteiger partial charge in [0.25, 0.3) is 11.5 Å². The molecule has 0 saturated heterocycles. The normalized spacial score (nSPS) is 13.6. The van der Waals surface area contributed by atoms with Crippen molar-refractivity contribution in [3.8, 4) is 11.5 Å². The SMILES string of the molecule is CC(NC(=O)c1cnc2ccccn2c1=O)c1ccc2c(c1)OCO2. The van der Waals surface area contributed by atoms with Gasteiger partial charge in [-0.25, -0.2) is 4.98 Å². The zero-order chi connectivity index (χ0) is 17.4. The van der Waals surface area contributed by atoms with Gasteiger partial charge >= 0.3 is 0 Å². The second-order valence-corrected chi connectivity index (χ2v) is 5.71. The molecule has 1 N–H and O–H groups in total. The molecule has 0 radical (unpaired) electrons. The molecule has 1 aliphatic rings. The van der Waals surface area contributed by atoms with Gasteiger partial charge in [0, 0.05) is 12.4 Å². The summed E-state index contributed by atoms with van der Waals surface area (Å²) in [5.74, 6) is 0.853. The first-order valence-electron chi connectivity index (χ1n) is 7.80. The molecule has 1 unspecified atom stereocenters. The predicted molar refractivity (Wildman–Crippen MR) is 89.9 cm³/mol. The predicted octanol–water partition coefficient (Wildman–Crippen LogP) is 1.91. The maximum Gasteiger partial charge on any atom is 0.270 e. The van der Waals surface area contributed by atoms with Crippen LogP contribution in [0.1, 0.15) is 28.9 Å². The highest BCUT2D eigenvalue weighted by molar-refractivity contribution is 5.94. The van der Waals surface area contributed by atoms with Crippen molar-refractivity contribution in [3.05, 3.63) is 70.3 Å². The number of amides is 1. The van der Waals surface area contributed by atoms with Crippen LogP contribution in [0.5, 0.6) is 11.5 Å². The zero-order valence-corrected chi connectivity index (χ0v) is 13.4. The second-order valence-electron chi connectivity index (χ2n) is 5.71. The molecule has 0 aliphatic carbocycles. The van der Waals surface area contributed by atoms with Gasteiger partial charge in [-0.15, -0.1) is 0 Å². The fourth-order valence-electron chi connectivity index (χ4n) is 2.72. The van der Waals surface area contributed by atoms with E-state index in [0.717, 1.165) is 5.56 Å². The highest BCUT2D eigenvalue weighted by Gasteiger charge is 2.19. The quantitative estimate of drug-likeness (QED) is 0.789. The lowest BCUT2D eigenvalue weighted by molar-refractivity contribution is 0.0937. The third kappa shape index (κ3) is 2.69. The standard InChI is InChI=1S/C18H15N3O4/c1-11(12-5-6-14-15(8-12)25-10-24-14)20-17(22)13-9-19-16-4-2-3-7-21(16)18(13)23/h2-9,11H,10H2,1H3,(H,20,22). The first kappa shape index (κ1) is 15.2. The Kier molecular flexibility index (Phi) is 3.61. The van der Waals surface area contributed by atoms with E-state index in [1.54, 1.807) is 30.5 Å². The topological polar surface area (TPSA) is 81.9 Å². The first-order chi connectivity index (χ1) is 12.1. The number of carbonyl (C=O) groups excluding carboxylic acids is 1. The third-order valence-corrected chi connectivity index (χ3v) is 4.10. The molecule has 1 aromatic carbocycles. The van der Waals surface area contributed by atoms with Gasteiger partial charge in [0.05, 0.1) is 6.04 Å². The van der Waals surface area contributed by atoms with Crippen molar-refractivity contribution >= 4 is 11.6 Å². The Balaban J connectivity index is 1.59. The molecule has 1 atom stereocenters. The van der Waals surface area contributed by atoms with Crippen LogP contribution in [0, 0.1) is 0 Å². The van der Waals surface area contributed by atoms with Crippen molar-refractivity contribution in [2.75, 3.05) is 6.79 Å². The zero-order valence-electron chi connectivity index (χ0n) is 13.4. The Hall–Kier alpha value is -3.35. The molecule has 3 heterocycles. The van der Waals surface area contributed by atoms with E-state index in [2.05, 4.69) is 10.3 Å². The summed E-state index contributed by atoms with van der Waals surface area (Å²) in [6.45, 7) is 2.03. The van der Waals surface area contributed by atoms with E-state index in [1.165, 1.54) is 10.6 Å². The molecule has 7 heteroatoms. The Morgan fingerprint density at radius 1 is 1.24 bits per heavy atom. The number of rotatable bonds is 3. The van der Waals surface area contributed by atoms with Crippen LogP contribution >= 0.6 is 0 Å². The van der Waals surface area contributed by atoms with Crippen molar-refractivity contribution in [2.24, 2.45) is 0 Å². The van der Waals surface area contributed by atoms with E-state index in [1.807, 2.05) is 19.1 Å². The molecule has 1 aliphatic heterocycles. The lowest BCUT2D eigenvalue weighted by atomic mass is 10.1. The van der Waals surface area contributed by atoms with E-state index in [-0.39, 0.29) is 18.4 Å². The van der Waals surface area contributed by atoms with E-state index in [4.69, 9.17) is 9.47 Å². The van der Waals surface area contributed by atoms with E-state index in [9.17, 15) is 9.59 Å². The number of aromatic nitrogens is 2. The lowest BCUT2D eigenvalue weighted by Crippen LogP contribution is -2.33. The number of hydrogen-bond acceptors (Lipinski definition) is 5. The van der Waals surface area contributed by atoms with E-state index < -0.39 is 11.5 Å². The monoisotopic (exact) mass is 337 g/mol. The van der Waals surface area contributed by atoms with Crippen molar-refractivity contribution in [2.45, 2.75) is 13.0 Å². The van der Waals surface area contributed by atoms with E-state index in [0.29, 0.717) is 17.1 Å².